The molecule has 1 heterocycles. The van der Waals surface area contributed by atoms with E-state index in [1.807, 2.05) is 47.8 Å². The normalized spacial score (nSPS) is 16.5. The van der Waals surface area contributed by atoms with Gasteiger partial charge in [-0.3, -0.25) is 0 Å². The fraction of sp³-hybridized carbons (Fsp3) is 0.368. The molecule has 0 aliphatic carbocycles. The highest BCUT2D eigenvalue weighted by molar-refractivity contribution is 8.20. The summed E-state index contributed by atoms with van der Waals surface area (Å²) < 4.78 is 12.6. The molecule has 0 bridgehead atoms. The highest BCUT2D eigenvalue weighted by Crippen LogP contribution is 2.36. The molecule has 23 heavy (non-hydrogen) atoms. The van der Waals surface area contributed by atoms with Crippen LogP contribution in [-0.2, 0) is 22.7 Å². The predicted octanol–water partition coefficient (Wildman–Crippen LogP) is 4.59. The first-order valence-corrected chi connectivity index (χ1v) is 10.0. The van der Waals surface area contributed by atoms with Crippen molar-refractivity contribution in [3.8, 4) is 0 Å². The molecule has 1 aliphatic rings. The van der Waals surface area contributed by atoms with Crippen molar-refractivity contribution in [1.82, 2.24) is 0 Å². The van der Waals surface area contributed by atoms with Crippen LogP contribution in [0.3, 0.4) is 0 Å². The van der Waals surface area contributed by atoms with E-state index in [4.69, 9.17) is 9.47 Å². The lowest BCUT2D eigenvalue weighted by molar-refractivity contribution is -0.0208. The highest BCUT2D eigenvalue weighted by atomic mass is 32.2. The number of rotatable bonds is 8. The van der Waals surface area contributed by atoms with Crippen LogP contribution >= 0.6 is 23.5 Å². The molecule has 3 rings (SSSR count). The van der Waals surface area contributed by atoms with Crippen molar-refractivity contribution in [3.05, 3.63) is 71.8 Å². The van der Waals surface area contributed by atoms with Crippen LogP contribution in [0.5, 0.6) is 0 Å². The van der Waals surface area contributed by atoms with Crippen molar-refractivity contribution in [2.45, 2.75) is 23.9 Å². The lowest BCUT2D eigenvalue weighted by Gasteiger charge is -2.23. The summed E-state index contributed by atoms with van der Waals surface area (Å²) in [7, 11) is 0. The molecular formula is C19H22O2S2. The van der Waals surface area contributed by atoms with E-state index in [-0.39, 0.29) is 6.10 Å². The van der Waals surface area contributed by atoms with Gasteiger partial charge in [0.05, 0.1) is 24.4 Å². The number of thioether (sulfide) groups is 2. The zero-order chi connectivity index (χ0) is 15.7. The highest BCUT2D eigenvalue weighted by Gasteiger charge is 2.27. The molecule has 0 N–H and O–H groups in total. The zero-order valence-electron chi connectivity index (χ0n) is 13.1. The van der Waals surface area contributed by atoms with Crippen molar-refractivity contribution in [3.63, 3.8) is 0 Å². The third-order valence-electron chi connectivity index (χ3n) is 3.65. The second-order valence-electron chi connectivity index (χ2n) is 5.45. The summed E-state index contributed by atoms with van der Waals surface area (Å²) in [6.07, 6.45) is 0.136. The van der Waals surface area contributed by atoms with Gasteiger partial charge in [-0.15, -0.1) is 23.5 Å². The quantitative estimate of drug-likeness (QED) is 0.695. The number of ether oxygens (including phenoxy) is 2. The molecule has 2 aromatic carbocycles. The van der Waals surface area contributed by atoms with Gasteiger partial charge < -0.3 is 9.47 Å². The molecule has 0 amide bonds. The number of hydrogen-bond acceptors (Lipinski definition) is 4. The summed E-state index contributed by atoms with van der Waals surface area (Å²) in [5.74, 6) is 2.42. The van der Waals surface area contributed by atoms with Crippen LogP contribution in [0.1, 0.15) is 11.1 Å². The molecule has 1 unspecified atom stereocenters. The van der Waals surface area contributed by atoms with Crippen LogP contribution < -0.4 is 0 Å². The monoisotopic (exact) mass is 346 g/mol. The average Bonchev–Trinajstić information content (AvgIpc) is 3.14. The molecule has 1 atom stereocenters. The fourth-order valence-electron chi connectivity index (χ4n) is 2.44. The summed E-state index contributed by atoms with van der Waals surface area (Å²) in [6, 6.07) is 20.7. The Balaban J connectivity index is 1.51. The summed E-state index contributed by atoms with van der Waals surface area (Å²) >= 11 is 3.98. The second kappa shape index (κ2) is 9.38. The molecule has 2 nitrogen and oxygen atoms in total. The van der Waals surface area contributed by atoms with E-state index in [1.54, 1.807) is 0 Å². The van der Waals surface area contributed by atoms with E-state index in [0.29, 0.717) is 24.4 Å². The second-order valence-corrected chi connectivity index (χ2v) is 8.24. The zero-order valence-corrected chi connectivity index (χ0v) is 14.7. The Kier molecular flexibility index (Phi) is 6.89. The van der Waals surface area contributed by atoms with Crippen molar-refractivity contribution >= 4 is 23.5 Å². The summed E-state index contributed by atoms with van der Waals surface area (Å²) in [5, 5.41) is 0. The van der Waals surface area contributed by atoms with Crippen molar-refractivity contribution in [1.29, 1.82) is 0 Å². The minimum absolute atomic E-state index is 0.136. The molecule has 0 saturated carbocycles. The first-order valence-electron chi connectivity index (χ1n) is 7.92. The van der Waals surface area contributed by atoms with Crippen LogP contribution in [0, 0.1) is 0 Å². The van der Waals surface area contributed by atoms with Crippen LogP contribution in [0.2, 0.25) is 0 Å². The standard InChI is InChI=1S/C19H22O2S2/c1-3-7-16(8-4-1)13-20-15-18(19-22-11-12-23-19)21-14-17-9-5-2-6-10-17/h1-10,18-19H,11-15H2. The molecule has 1 saturated heterocycles. The number of benzene rings is 2. The maximum Gasteiger partial charge on any atom is 0.102 e. The van der Waals surface area contributed by atoms with Gasteiger partial charge in [-0.1, -0.05) is 60.7 Å². The van der Waals surface area contributed by atoms with Crippen LogP contribution in [0.25, 0.3) is 0 Å². The molecule has 1 fully saturated rings. The summed E-state index contributed by atoms with van der Waals surface area (Å²) in [6.45, 7) is 1.94. The van der Waals surface area contributed by atoms with Crippen molar-refractivity contribution in [2.75, 3.05) is 18.1 Å². The lowest BCUT2D eigenvalue weighted by atomic mass is 10.2. The molecule has 2 aromatic rings. The van der Waals surface area contributed by atoms with Gasteiger partial charge >= 0.3 is 0 Å². The van der Waals surface area contributed by atoms with E-state index in [1.165, 1.54) is 22.6 Å². The Morgan fingerprint density at radius 3 is 2.00 bits per heavy atom. The largest absolute Gasteiger partial charge is 0.374 e. The molecule has 0 radical (unpaired) electrons. The van der Waals surface area contributed by atoms with E-state index in [2.05, 4.69) is 36.4 Å². The van der Waals surface area contributed by atoms with Crippen LogP contribution in [0.15, 0.2) is 60.7 Å². The van der Waals surface area contributed by atoms with E-state index >= 15 is 0 Å². The van der Waals surface area contributed by atoms with E-state index in [9.17, 15) is 0 Å². The molecule has 4 heteroatoms. The SMILES string of the molecule is c1ccc(COCC(OCc2ccccc2)C2SCCS2)cc1. The topological polar surface area (TPSA) is 18.5 Å². The fourth-order valence-corrected chi connectivity index (χ4v) is 5.38. The Morgan fingerprint density at radius 1 is 0.826 bits per heavy atom. The molecule has 0 aromatic heterocycles. The summed E-state index contributed by atoms with van der Waals surface area (Å²) in [4.78, 5) is 0. The summed E-state index contributed by atoms with van der Waals surface area (Å²) in [5.41, 5.74) is 2.43. The van der Waals surface area contributed by atoms with Gasteiger partial charge in [-0.2, -0.15) is 0 Å². The Bertz CT molecular complexity index is 556. The van der Waals surface area contributed by atoms with Crippen LogP contribution in [0.4, 0.5) is 0 Å². The first kappa shape index (κ1) is 16.9. The van der Waals surface area contributed by atoms with Gasteiger partial charge in [0.25, 0.3) is 0 Å². The van der Waals surface area contributed by atoms with Crippen molar-refractivity contribution < 1.29 is 9.47 Å². The van der Waals surface area contributed by atoms with Gasteiger partial charge in [0, 0.05) is 11.5 Å². The molecule has 1 aliphatic heterocycles. The van der Waals surface area contributed by atoms with Gasteiger partial charge in [-0.25, -0.2) is 0 Å². The Morgan fingerprint density at radius 2 is 1.39 bits per heavy atom. The number of hydrogen-bond donors (Lipinski definition) is 0. The van der Waals surface area contributed by atoms with Gasteiger partial charge in [0.2, 0.25) is 0 Å². The minimum atomic E-state index is 0.136. The van der Waals surface area contributed by atoms with Gasteiger partial charge in [0.1, 0.15) is 6.10 Å². The van der Waals surface area contributed by atoms with E-state index < -0.39 is 0 Å². The Labute approximate surface area is 147 Å². The van der Waals surface area contributed by atoms with Gasteiger partial charge in [-0.05, 0) is 11.1 Å². The minimum Gasteiger partial charge on any atom is -0.374 e. The lowest BCUT2D eigenvalue weighted by Crippen LogP contribution is -2.28. The van der Waals surface area contributed by atoms with Crippen LogP contribution in [-0.4, -0.2) is 28.8 Å². The third kappa shape index (κ3) is 5.57. The smallest absolute Gasteiger partial charge is 0.102 e. The Hall–Kier alpha value is -0.940. The van der Waals surface area contributed by atoms with E-state index in [0.717, 1.165) is 0 Å². The molecule has 122 valence electrons. The van der Waals surface area contributed by atoms with Gasteiger partial charge in [0.15, 0.2) is 0 Å². The predicted molar refractivity (Wildman–Crippen MR) is 99.8 cm³/mol. The maximum atomic E-state index is 6.18. The molecule has 0 spiro atoms. The average molecular weight is 347 g/mol. The molecular weight excluding hydrogens is 324 g/mol. The maximum absolute atomic E-state index is 6.18. The van der Waals surface area contributed by atoms with Crippen molar-refractivity contribution in [2.24, 2.45) is 0 Å². The third-order valence-corrected chi connectivity index (χ3v) is 6.87. The first-order chi connectivity index (χ1) is 11.4.